The molecule has 108 valence electrons. The molecule has 0 spiro atoms. The molecule has 21 heavy (non-hydrogen) atoms. The van der Waals surface area contributed by atoms with Gasteiger partial charge in [-0.05, 0) is 31.2 Å². The lowest BCUT2D eigenvalue weighted by Crippen LogP contribution is -3.00. The minimum Gasteiger partial charge on any atom is -1.00 e. The maximum absolute atomic E-state index is 3.90. The van der Waals surface area contributed by atoms with Gasteiger partial charge in [0.1, 0.15) is 6.54 Å². The molecule has 0 fully saturated rings. The fraction of sp³-hybridized carbons (Fsp3) is 0.167. The largest absolute Gasteiger partial charge is 1.00 e. The lowest BCUT2D eigenvalue weighted by molar-refractivity contribution is -0.650. The highest BCUT2D eigenvalue weighted by Crippen LogP contribution is 2.23. The van der Waals surface area contributed by atoms with E-state index in [-0.39, 0.29) is 17.0 Å². The molecule has 1 heterocycles. The zero-order valence-electron chi connectivity index (χ0n) is 12.2. The Morgan fingerprint density at radius 2 is 1.71 bits per heavy atom. The second-order valence-electron chi connectivity index (χ2n) is 4.82. The number of imidazole rings is 1. The topological polar surface area (TPSA) is 8.81 Å². The minimum atomic E-state index is 0. The molecule has 1 aromatic heterocycles. The van der Waals surface area contributed by atoms with Gasteiger partial charge in [0.05, 0.1) is 12.1 Å². The van der Waals surface area contributed by atoms with Gasteiger partial charge >= 0.3 is 0 Å². The molecular formula is C18H19BrN2. The maximum Gasteiger partial charge on any atom is 0.290 e. The Kier molecular flexibility index (Phi) is 4.97. The summed E-state index contributed by atoms with van der Waals surface area (Å²) in [6.45, 7) is 7.86. The average Bonchev–Trinajstić information content (AvgIpc) is 2.82. The molecule has 2 nitrogen and oxygen atoms in total. The Bertz CT molecular complexity index is 745. The smallest absolute Gasteiger partial charge is 0.290 e. The maximum atomic E-state index is 3.90. The van der Waals surface area contributed by atoms with E-state index in [1.54, 1.807) is 0 Å². The minimum absolute atomic E-state index is 0. The Balaban J connectivity index is 0.00000161. The number of hydrogen-bond donors (Lipinski definition) is 0. The summed E-state index contributed by atoms with van der Waals surface area (Å²) in [7, 11) is 0. The van der Waals surface area contributed by atoms with Crippen LogP contribution in [0.25, 0.3) is 22.4 Å². The average molecular weight is 343 g/mol. The molecule has 0 amide bonds. The number of rotatable bonds is 4. The van der Waals surface area contributed by atoms with Crippen molar-refractivity contribution in [3.05, 3.63) is 67.3 Å². The van der Waals surface area contributed by atoms with E-state index >= 15 is 0 Å². The zero-order valence-corrected chi connectivity index (χ0v) is 13.8. The molecule has 3 aromatic rings. The molecule has 0 saturated heterocycles. The first kappa shape index (κ1) is 15.5. The number of aromatic nitrogens is 2. The van der Waals surface area contributed by atoms with Gasteiger partial charge in [-0.3, -0.25) is 0 Å². The van der Waals surface area contributed by atoms with Gasteiger partial charge < -0.3 is 17.0 Å². The molecule has 0 aliphatic rings. The quantitative estimate of drug-likeness (QED) is 0.490. The van der Waals surface area contributed by atoms with Gasteiger partial charge in [-0.2, -0.15) is 0 Å². The lowest BCUT2D eigenvalue weighted by atomic mass is 10.2. The van der Waals surface area contributed by atoms with Crippen LogP contribution in [0.2, 0.25) is 0 Å². The van der Waals surface area contributed by atoms with Crippen molar-refractivity contribution in [3.8, 4) is 11.4 Å². The third-order valence-electron chi connectivity index (χ3n) is 3.63. The Morgan fingerprint density at radius 1 is 1.05 bits per heavy atom. The molecular weight excluding hydrogens is 324 g/mol. The molecule has 0 atom stereocenters. The van der Waals surface area contributed by atoms with Gasteiger partial charge in [-0.15, -0.1) is 0 Å². The van der Waals surface area contributed by atoms with Crippen molar-refractivity contribution in [2.45, 2.75) is 20.0 Å². The first-order valence-electron chi connectivity index (χ1n) is 7.04. The van der Waals surface area contributed by atoms with Crippen molar-refractivity contribution < 1.29 is 21.5 Å². The van der Waals surface area contributed by atoms with Crippen LogP contribution in [-0.4, -0.2) is 4.57 Å². The predicted octanol–water partition coefficient (Wildman–Crippen LogP) is 0.806. The van der Waals surface area contributed by atoms with Crippen LogP contribution in [-0.2, 0) is 13.1 Å². The normalized spacial score (nSPS) is 10.3. The second-order valence-corrected chi connectivity index (χ2v) is 4.82. The number of para-hydroxylation sites is 2. The number of fused-ring (bicyclic) bond motifs is 1. The molecule has 0 unspecified atom stereocenters. The molecule has 0 N–H and O–H groups in total. The monoisotopic (exact) mass is 342 g/mol. The second kappa shape index (κ2) is 6.72. The third-order valence-corrected chi connectivity index (χ3v) is 3.63. The summed E-state index contributed by atoms with van der Waals surface area (Å²) < 4.78 is 4.70. The summed E-state index contributed by atoms with van der Waals surface area (Å²) in [6, 6.07) is 19.1. The van der Waals surface area contributed by atoms with Crippen LogP contribution in [0.4, 0.5) is 0 Å². The third kappa shape index (κ3) is 2.66. The molecule has 0 radical (unpaired) electrons. The first-order chi connectivity index (χ1) is 9.86. The summed E-state index contributed by atoms with van der Waals surface area (Å²) in [4.78, 5) is 0. The summed E-state index contributed by atoms with van der Waals surface area (Å²) in [5.74, 6) is 1.24. The molecule has 0 aliphatic carbocycles. The molecule has 2 aromatic carbocycles. The SMILES string of the molecule is C=CC[n+]1c(-c2ccccc2)n(CC)c2ccccc21.[Br-]. The summed E-state index contributed by atoms with van der Waals surface area (Å²) in [5.41, 5.74) is 3.77. The van der Waals surface area contributed by atoms with Gasteiger partial charge in [0.25, 0.3) is 5.82 Å². The summed E-state index contributed by atoms with van der Waals surface area (Å²) >= 11 is 0. The molecule has 0 aliphatic heterocycles. The van der Waals surface area contributed by atoms with Crippen LogP contribution in [0.1, 0.15) is 6.92 Å². The van der Waals surface area contributed by atoms with E-state index in [9.17, 15) is 0 Å². The van der Waals surface area contributed by atoms with Gasteiger partial charge in [0, 0.05) is 0 Å². The van der Waals surface area contributed by atoms with E-state index in [0.717, 1.165) is 13.1 Å². The lowest BCUT2D eigenvalue weighted by Gasteiger charge is -2.02. The molecule has 0 bridgehead atoms. The highest BCUT2D eigenvalue weighted by molar-refractivity contribution is 5.76. The summed E-state index contributed by atoms with van der Waals surface area (Å²) in [6.07, 6.45) is 1.96. The Labute approximate surface area is 136 Å². The zero-order chi connectivity index (χ0) is 13.9. The Morgan fingerprint density at radius 3 is 2.38 bits per heavy atom. The van der Waals surface area contributed by atoms with Crippen molar-refractivity contribution in [2.75, 3.05) is 0 Å². The number of hydrogen-bond acceptors (Lipinski definition) is 0. The van der Waals surface area contributed by atoms with Crippen LogP contribution < -0.4 is 21.5 Å². The van der Waals surface area contributed by atoms with Crippen LogP contribution in [0.5, 0.6) is 0 Å². The molecule has 3 rings (SSSR count). The molecule has 3 heteroatoms. The van der Waals surface area contributed by atoms with Crippen molar-refractivity contribution in [3.63, 3.8) is 0 Å². The fourth-order valence-corrected chi connectivity index (χ4v) is 2.83. The van der Waals surface area contributed by atoms with Crippen LogP contribution in [0, 0.1) is 0 Å². The van der Waals surface area contributed by atoms with E-state index in [0.29, 0.717) is 0 Å². The highest BCUT2D eigenvalue weighted by atomic mass is 79.9. The van der Waals surface area contributed by atoms with E-state index in [1.807, 2.05) is 6.08 Å². The van der Waals surface area contributed by atoms with Crippen molar-refractivity contribution in [2.24, 2.45) is 0 Å². The van der Waals surface area contributed by atoms with Crippen molar-refractivity contribution in [1.82, 2.24) is 4.57 Å². The standard InChI is InChI=1S/C18H19N2.BrH/c1-3-14-20-17-13-9-8-12-16(17)19(4-2)18(20)15-10-6-5-7-11-15;/h3,5-13H,1,4,14H2,2H3;1H/q+1;/p-1. The van der Waals surface area contributed by atoms with Crippen LogP contribution in [0.15, 0.2) is 67.3 Å². The van der Waals surface area contributed by atoms with E-state index in [4.69, 9.17) is 0 Å². The number of aryl methyl sites for hydroxylation is 1. The van der Waals surface area contributed by atoms with E-state index in [1.165, 1.54) is 22.4 Å². The number of benzene rings is 2. The summed E-state index contributed by atoms with van der Waals surface area (Å²) in [5, 5.41) is 0. The fourth-order valence-electron chi connectivity index (χ4n) is 2.83. The number of nitrogens with zero attached hydrogens (tertiary/aromatic N) is 2. The predicted molar refractivity (Wildman–Crippen MR) is 83.4 cm³/mol. The van der Waals surface area contributed by atoms with Gasteiger partial charge in [0.2, 0.25) is 0 Å². The van der Waals surface area contributed by atoms with Crippen molar-refractivity contribution >= 4 is 11.0 Å². The number of halogens is 1. The van der Waals surface area contributed by atoms with Gasteiger partial charge in [-0.1, -0.05) is 43.0 Å². The van der Waals surface area contributed by atoms with Gasteiger partial charge in [-0.25, -0.2) is 9.13 Å². The number of allylic oxidation sites excluding steroid dienone is 1. The highest BCUT2D eigenvalue weighted by Gasteiger charge is 2.24. The van der Waals surface area contributed by atoms with Crippen LogP contribution >= 0.6 is 0 Å². The van der Waals surface area contributed by atoms with E-state index < -0.39 is 0 Å². The first-order valence-corrected chi connectivity index (χ1v) is 7.04. The van der Waals surface area contributed by atoms with E-state index in [2.05, 4.69) is 77.2 Å². The van der Waals surface area contributed by atoms with Crippen molar-refractivity contribution in [1.29, 1.82) is 0 Å². The Hall–Kier alpha value is -1.87. The van der Waals surface area contributed by atoms with Crippen LogP contribution in [0.3, 0.4) is 0 Å². The van der Waals surface area contributed by atoms with Gasteiger partial charge in [0.15, 0.2) is 11.0 Å². The molecule has 0 saturated carbocycles.